The Hall–Kier alpha value is -2.89. The van der Waals surface area contributed by atoms with Crippen molar-refractivity contribution in [3.63, 3.8) is 0 Å². The largest absolute Gasteiger partial charge is 0.298 e. The van der Waals surface area contributed by atoms with E-state index in [4.69, 9.17) is 0 Å². The number of halogens is 1. The molecule has 0 atom stereocenters. The number of aromatic nitrogens is 2. The lowest BCUT2D eigenvalue weighted by Gasteiger charge is -2.16. The summed E-state index contributed by atoms with van der Waals surface area (Å²) in [7, 11) is 2.02. The molecule has 0 bridgehead atoms. The summed E-state index contributed by atoms with van der Waals surface area (Å²) in [4.78, 5) is 3.30. The van der Waals surface area contributed by atoms with E-state index in [0.717, 1.165) is 17.7 Å². The van der Waals surface area contributed by atoms with E-state index in [9.17, 15) is 0 Å². The topological polar surface area (TPSA) is 29.0 Å². The Morgan fingerprint density at radius 2 is 1.89 bits per heavy atom. The number of likely N-dealkylation sites (N-methyl/N-ethyl adjacent to an activating group) is 1. The third-order valence-electron chi connectivity index (χ3n) is 5.11. The van der Waals surface area contributed by atoms with E-state index < -0.39 is 0 Å². The lowest BCUT2D eigenvalue weighted by molar-refractivity contribution is 0.358. The van der Waals surface area contributed by atoms with Crippen LogP contribution in [0.5, 0.6) is 0 Å². The highest BCUT2D eigenvalue weighted by Gasteiger charge is 2.23. The molecule has 1 aliphatic rings. The molecule has 2 aromatic carbocycles. The van der Waals surface area contributed by atoms with Crippen molar-refractivity contribution in [1.29, 1.82) is 0 Å². The third-order valence-corrected chi connectivity index (χ3v) is 6.26. The summed E-state index contributed by atoms with van der Waals surface area (Å²) in [5.41, 5.74) is 3.83. The molecule has 5 heteroatoms. The summed E-state index contributed by atoms with van der Waals surface area (Å²) in [6.07, 6.45) is 3.80. The maximum Gasteiger partial charge on any atom is 0.137 e. The van der Waals surface area contributed by atoms with Crippen molar-refractivity contribution in [3.05, 3.63) is 88.7 Å². The first-order valence-corrected chi connectivity index (χ1v) is 10.00. The molecule has 28 heavy (non-hydrogen) atoms. The van der Waals surface area contributed by atoms with Crippen molar-refractivity contribution in [1.82, 2.24) is 15.1 Å². The van der Waals surface area contributed by atoms with Crippen LogP contribution < -0.4 is 0 Å². The maximum atomic E-state index is 15.6. The molecule has 0 saturated carbocycles. The fraction of sp³-hybridized carbons (Fsp3) is 0.130. The van der Waals surface area contributed by atoms with Gasteiger partial charge >= 0.3 is 0 Å². The van der Waals surface area contributed by atoms with Gasteiger partial charge in [0, 0.05) is 40.0 Å². The maximum absolute atomic E-state index is 15.6. The minimum absolute atomic E-state index is 0.209. The van der Waals surface area contributed by atoms with Crippen LogP contribution >= 0.6 is 11.3 Å². The lowest BCUT2D eigenvalue weighted by Crippen LogP contribution is -2.17. The van der Waals surface area contributed by atoms with Crippen LogP contribution in [0.15, 0.2) is 66.9 Å². The number of fused-ring (bicyclic) bond motifs is 2. The molecule has 3 heterocycles. The van der Waals surface area contributed by atoms with Crippen LogP contribution in [0, 0.1) is 5.82 Å². The number of rotatable bonds is 2. The number of hydrogen-bond donors (Lipinski definition) is 0. The minimum Gasteiger partial charge on any atom is -0.298 e. The highest BCUT2D eigenvalue weighted by Crippen LogP contribution is 2.38. The summed E-state index contributed by atoms with van der Waals surface area (Å²) >= 11 is 1.75. The van der Waals surface area contributed by atoms with Crippen LogP contribution in [-0.2, 0) is 6.54 Å². The van der Waals surface area contributed by atoms with Crippen molar-refractivity contribution in [2.45, 2.75) is 6.54 Å². The summed E-state index contributed by atoms with van der Waals surface area (Å²) in [6, 6.07) is 18.0. The quantitative estimate of drug-likeness (QED) is 0.463. The number of nitrogens with zero attached hydrogens (tertiary/aromatic N) is 3. The molecule has 3 nitrogen and oxygen atoms in total. The van der Waals surface area contributed by atoms with Crippen LogP contribution in [0.25, 0.3) is 26.9 Å². The van der Waals surface area contributed by atoms with E-state index >= 15 is 4.39 Å². The van der Waals surface area contributed by atoms with Gasteiger partial charge in [0.05, 0.1) is 5.69 Å². The molecule has 2 aromatic heterocycles. The van der Waals surface area contributed by atoms with E-state index in [0.29, 0.717) is 23.4 Å². The van der Waals surface area contributed by atoms with Crippen LogP contribution in [0.3, 0.4) is 0 Å². The fourth-order valence-electron chi connectivity index (χ4n) is 3.71. The van der Waals surface area contributed by atoms with E-state index in [2.05, 4.69) is 51.5 Å². The number of benzene rings is 2. The van der Waals surface area contributed by atoms with Crippen LogP contribution in [0.4, 0.5) is 4.39 Å². The second-order valence-corrected chi connectivity index (χ2v) is 8.11. The average Bonchev–Trinajstić information content (AvgIpc) is 3.07. The highest BCUT2D eigenvalue weighted by atomic mass is 32.1. The fourth-order valence-corrected chi connectivity index (χ4v) is 4.83. The van der Waals surface area contributed by atoms with Gasteiger partial charge in [-0.2, -0.15) is 10.2 Å². The molecule has 0 spiro atoms. The van der Waals surface area contributed by atoms with E-state index in [1.165, 1.54) is 15.0 Å². The number of thiophene rings is 1. The predicted octanol–water partition coefficient (Wildman–Crippen LogP) is 5.37. The molecular formula is C23H18FN3S. The van der Waals surface area contributed by atoms with Crippen LogP contribution in [-0.4, -0.2) is 28.7 Å². The summed E-state index contributed by atoms with van der Waals surface area (Å²) < 4.78 is 16.8. The smallest absolute Gasteiger partial charge is 0.137 e. The van der Waals surface area contributed by atoms with Crippen molar-refractivity contribution < 1.29 is 4.39 Å². The Morgan fingerprint density at radius 1 is 1.04 bits per heavy atom. The normalized spacial score (nSPS) is 14.6. The Labute approximate surface area is 166 Å². The monoisotopic (exact) mass is 387 g/mol. The molecule has 138 valence electrons. The van der Waals surface area contributed by atoms with Gasteiger partial charge in [0.25, 0.3) is 0 Å². The Morgan fingerprint density at radius 3 is 2.71 bits per heavy atom. The van der Waals surface area contributed by atoms with E-state index in [1.54, 1.807) is 29.7 Å². The second-order valence-electron chi connectivity index (χ2n) is 7.03. The van der Waals surface area contributed by atoms with Gasteiger partial charge in [0.2, 0.25) is 0 Å². The first kappa shape index (κ1) is 17.2. The molecule has 5 rings (SSSR count). The molecule has 0 aliphatic carbocycles. The van der Waals surface area contributed by atoms with Crippen LogP contribution in [0.1, 0.15) is 16.0 Å². The van der Waals surface area contributed by atoms with Gasteiger partial charge in [0.1, 0.15) is 5.82 Å². The Bertz CT molecular complexity index is 1160. The minimum atomic E-state index is -0.209. The zero-order chi connectivity index (χ0) is 19.1. The molecule has 0 fully saturated rings. The van der Waals surface area contributed by atoms with Crippen molar-refractivity contribution in [2.75, 3.05) is 13.6 Å². The molecule has 4 aromatic rings. The van der Waals surface area contributed by atoms with E-state index in [-0.39, 0.29) is 5.82 Å². The van der Waals surface area contributed by atoms with Crippen molar-refractivity contribution >= 4 is 27.0 Å². The molecule has 0 radical (unpaired) electrons. The SMILES string of the molecule is CN1CC=C(c2cc3ccccc3s2)c2ccc(-c3cccnn3)c(F)c2C1. The van der Waals surface area contributed by atoms with E-state index in [1.807, 2.05) is 19.2 Å². The number of hydrogen-bond acceptors (Lipinski definition) is 4. The summed E-state index contributed by atoms with van der Waals surface area (Å²) in [5.74, 6) is -0.209. The Balaban J connectivity index is 1.69. The molecular weight excluding hydrogens is 369 g/mol. The van der Waals surface area contributed by atoms with Crippen molar-refractivity contribution in [3.8, 4) is 11.3 Å². The second kappa shape index (κ2) is 6.93. The molecule has 1 aliphatic heterocycles. The van der Waals surface area contributed by atoms with Gasteiger partial charge in [-0.15, -0.1) is 11.3 Å². The van der Waals surface area contributed by atoms with Crippen LogP contribution in [0.2, 0.25) is 0 Å². The first-order valence-electron chi connectivity index (χ1n) is 9.18. The molecule has 0 N–H and O–H groups in total. The summed E-state index contributed by atoms with van der Waals surface area (Å²) in [5, 5.41) is 9.21. The zero-order valence-corrected chi connectivity index (χ0v) is 16.2. The standard InChI is InChI=1S/C23H18FN3S/c1-27-12-10-17(22-13-15-5-2-3-7-21(15)28-22)16-8-9-18(23(24)19(16)14-27)20-6-4-11-25-26-20/h2-11,13H,12,14H2,1H3. The molecule has 0 unspecified atom stereocenters. The highest BCUT2D eigenvalue weighted by molar-refractivity contribution is 7.20. The first-order chi connectivity index (χ1) is 13.7. The van der Waals surface area contributed by atoms with Gasteiger partial charge in [-0.1, -0.05) is 30.3 Å². The predicted molar refractivity (Wildman–Crippen MR) is 113 cm³/mol. The lowest BCUT2D eigenvalue weighted by atomic mass is 9.95. The van der Waals surface area contributed by atoms with Gasteiger partial charge in [0.15, 0.2) is 0 Å². The Kier molecular flexibility index (Phi) is 4.26. The van der Waals surface area contributed by atoms with Gasteiger partial charge < -0.3 is 0 Å². The summed E-state index contributed by atoms with van der Waals surface area (Å²) in [6.45, 7) is 1.33. The van der Waals surface area contributed by atoms with Crippen molar-refractivity contribution in [2.24, 2.45) is 0 Å². The zero-order valence-electron chi connectivity index (χ0n) is 15.4. The molecule has 0 amide bonds. The third kappa shape index (κ3) is 2.93. The van der Waals surface area contributed by atoms with Gasteiger partial charge in [-0.25, -0.2) is 4.39 Å². The average molecular weight is 387 g/mol. The van der Waals surface area contributed by atoms with Gasteiger partial charge in [-0.05, 0) is 53.9 Å². The molecule has 0 saturated heterocycles. The van der Waals surface area contributed by atoms with Gasteiger partial charge in [-0.3, -0.25) is 4.90 Å².